The maximum absolute atomic E-state index is 14.0. The van der Waals surface area contributed by atoms with Crippen LogP contribution >= 0.6 is 34.5 Å². The van der Waals surface area contributed by atoms with Crippen molar-refractivity contribution in [3.63, 3.8) is 0 Å². The molecule has 8 rings (SSSR count). The molecular weight excluding hydrogens is 777 g/mol. The van der Waals surface area contributed by atoms with Crippen molar-refractivity contribution >= 4 is 46.4 Å². The molecule has 0 aliphatic carbocycles. The van der Waals surface area contributed by atoms with Gasteiger partial charge in [0.1, 0.15) is 25.0 Å². The van der Waals surface area contributed by atoms with Gasteiger partial charge in [-0.05, 0) is 126 Å². The Balaban J connectivity index is 0.940. The highest BCUT2D eigenvalue weighted by molar-refractivity contribution is 7.13. The number of hydrogen-bond acceptors (Lipinski definition) is 7. The fourth-order valence-corrected chi connectivity index (χ4v) is 8.43. The van der Waals surface area contributed by atoms with Gasteiger partial charge in [0.15, 0.2) is 17.6 Å². The molecule has 290 valence electrons. The molecule has 0 radical (unpaired) electrons. The third-order valence-corrected chi connectivity index (χ3v) is 12.4. The van der Waals surface area contributed by atoms with Gasteiger partial charge >= 0.3 is 0 Å². The Morgan fingerprint density at radius 2 is 1.65 bits per heavy atom. The van der Waals surface area contributed by atoms with E-state index < -0.39 is 6.04 Å². The van der Waals surface area contributed by atoms with Crippen LogP contribution in [0.3, 0.4) is 0 Å². The van der Waals surface area contributed by atoms with Gasteiger partial charge in [-0.1, -0.05) is 65.7 Å². The number of thiophene rings is 1. The van der Waals surface area contributed by atoms with Gasteiger partial charge in [0.2, 0.25) is 5.91 Å². The zero-order valence-electron chi connectivity index (χ0n) is 31.8. The van der Waals surface area contributed by atoms with Gasteiger partial charge in [-0.15, -0.1) is 11.3 Å². The first kappa shape index (κ1) is 38.5. The van der Waals surface area contributed by atoms with E-state index in [1.807, 2.05) is 80.7 Å². The Labute approximate surface area is 346 Å². The molecule has 2 aromatic heterocycles. The molecule has 0 fully saturated rings. The lowest BCUT2D eigenvalue weighted by Gasteiger charge is -2.37. The predicted molar refractivity (Wildman–Crippen MR) is 225 cm³/mol. The van der Waals surface area contributed by atoms with Crippen molar-refractivity contribution in [1.29, 1.82) is 0 Å². The van der Waals surface area contributed by atoms with E-state index in [-0.39, 0.29) is 24.5 Å². The summed E-state index contributed by atoms with van der Waals surface area (Å²) in [6.45, 7) is 7.47. The molecule has 11 heteroatoms. The summed E-state index contributed by atoms with van der Waals surface area (Å²) in [5.41, 5.74) is 9.34. The van der Waals surface area contributed by atoms with Crippen LogP contribution < -0.4 is 19.5 Å². The summed E-state index contributed by atoms with van der Waals surface area (Å²) in [6.07, 6.45) is 2.52. The van der Waals surface area contributed by atoms with Crippen molar-refractivity contribution in [1.82, 2.24) is 15.2 Å². The number of rotatable bonds is 10. The summed E-state index contributed by atoms with van der Waals surface area (Å²) in [7, 11) is 0. The first-order valence-electron chi connectivity index (χ1n) is 18.9. The molecule has 0 saturated carbocycles. The maximum atomic E-state index is 14.0. The number of carbonyl (C=O) groups excluding carboxylic acids is 2. The van der Waals surface area contributed by atoms with E-state index in [0.29, 0.717) is 64.8 Å². The minimum atomic E-state index is -0.680. The molecule has 4 heterocycles. The van der Waals surface area contributed by atoms with Gasteiger partial charge in [0.05, 0.1) is 14.9 Å². The van der Waals surface area contributed by atoms with Crippen LogP contribution in [0.2, 0.25) is 10.0 Å². The number of fused-ring (bicyclic) bond motifs is 2. The van der Waals surface area contributed by atoms with Gasteiger partial charge in [0.25, 0.3) is 5.91 Å². The van der Waals surface area contributed by atoms with E-state index in [9.17, 15) is 9.59 Å². The van der Waals surface area contributed by atoms with Crippen LogP contribution in [0.1, 0.15) is 59.7 Å². The molecule has 2 aliphatic rings. The summed E-state index contributed by atoms with van der Waals surface area (Å²) in [5.74, 6) is 1.60. The zero-order valence-corrected chi connectivity index (χ0v) is 34.1. The van der Waals surface area contributed by atoms with Crippen molar-refractivity contribution < 1.29 is 23.8 Å². The Hall–Kier alpha value is -5.35. The molecule has 1 N–H and O–H groups in total. The van der Waals surface area contributed by atoms with Crippen LogP contribution in [0.4, 0.5) is 0 Å². The zero-order chi connectivity index (χ0) is 39.6. The summed E-state index contributed by atoms with van der Waals surface area (Å²) in [5, 5.41) is 4.13. The first-order valence-corrected chi connectivity index (χ1v) is 20.5. The number of carbonyl (C=O) groups is 2. The van der Waals surface area contributed by atoms with E-state index >= 15 is 0 Å². The number of ether oxygens (including phenoxy) is 3. The number of nitrogens with one attached hydrogen (secondary N) is 1. The average molecular weight is 819 g/mol. The Kier molecular flexibility index (Phi) is 11.2. The minimum Gasteiger partial charge on any atom is -0.489 e. The molecule has 2 amide bonds. The topological polar surface area (TPSA) is 90.0 Å². The second-order valence-corrected chi connectivity index (χ2v) is 16.6. The van der Waals surface area contributed by atoms with E-state index in [0.717, 1.165) is 44.0 Å². The summed E-state index contributed by atoms with van der Waals surface area (Å²) < 4.78 is 18.7. The molecule has 4 aromatic carbocycles. The van der Waals surface area contributed by atoms with E-state index in [1.54, 1.807) is 17.0 Å². The van der Waals surface area contributed by atoms with Gasteiger partial charge in [-0.25, -0.2) is 0 Å². The van der Waals surface area contributed by atoms with Crippen molar-refractivity contribution in [3.8, 4) is 28.4 Å². The number of aryl methyl sites for hydroxylation is 2. The Morgan fingerprint density at radius 3 is 2.40 bits per heavy atom. The monoisotopic (exact) mass is 817 g/mol. The summed E-state index contributed by atoms with van der Waals surface area (Å²) in [4.78, 5) is 35.7. The standard InChI is InChI=1S/C46H41Cl2N3O5S/c1-27-4-15-44(57-27)46(53)51-24-35-23-42-41(55-26-43(56-42)33-10-12-36(13-11-33)54-25-31-7-14-38(47)39(48)20-31)22-34(35)21-40(51)45(52)50-18-16-30-5-8-32(9-6-30)37-17-19-49-29(3)28(37)2/h4-15,17,19-20,22-23,40,43H,16,18,21,24-26H2,1-3H3,(H,50,52). The fourth-order valence-electron chi connectivity index (χ4n) is 7.28. The SMILES string of the molecule is Cc1ccc(C(=O)N2Cc3cc4c(cc3CC2C(=O)NCCc2ccc(-c3ccnc(C)c3C)cc2)OCC(c2ccc(OCc3ccc(Cl)c(Cl)c3)cc2)O4)s1. The minimum absolute atomic E-state index is 0.162. The molecular formula is C46H41Cl2N3O5S. The third-order valence-electron chi connectivity index (χ3n) is 10.6. The molecule has 0 spiro atoms. The number of aromatic nitrogens is 1. The van der Waals surface area contributed by atoms with Crippen LogP contribution in [0, 0.1) is 20.8 Å². The van der Waals surface area contributed by atoms with Gasteiger partial charge < -0.3 is 24.4 Å². The quantitative estimate of drug-likeness (QED) is 0.148. The molecule has 0 bridgehead atoms. The average Bonchev–Trinajstić information content (AvgIpc) is 3.67. The molecule has 8 nitrogen and oxygen atoms in total. The highest BCUT2D eigenvalue weighted by atomic mass is 35.5. The lowest BCUT2D eigenvalue weighted by atomic mass is 9.92. The second kappa shape index (κ2) is 16.6. The van der Waals surface area contributed by atoms with E-state index in [1.165, 1.54) is 22.5 Å². The largest absolute Gasteiger partial charge is 0.489 e. The molecule has 6 aromatic rings. The van der Waals surface area contributed by atoms with Crippen LogP contribution in [-0.2, 0) is 30.8 Å². The summed E-state index contributed by atoms with van der Waals surface area (Å²) in [6, 6.07) is 30.6. The van der Waals surface area contributed by atoms with Gasteiger partial charge in [-0.3, -0.25) is 14.6 Å². The predicted octanol–water partition coefficient (Wildman–Crippen LogP) is 10.1. The third kappa shape index (κ3) is 8.52. The first-order chi connectivity index (χ1) is 27.6. The second-order valence-electron chi connectivity index (χ2n) is 14.5. The highest BCUT2D eigenvalue weighted by Crippen LogP contribution is 2.41. The molecule has 0 saturated heterocycles. The van der Waals surface area contributed by atoms with Crippen molar-refractivity contribution in [3.05, 3.63) is 162 Å². The lowest BCUT2D eigenvalue weighted by Crippen LogP contribution is -2.52. The Morgan fingerprint density at radius 1 is 0.877 bits per heavy atom. The van der Waals surface area contributed by atoms with Crippen LogP contribution in [0.25, 0.3) is 11.1 Å². The number of benzene rings is 4. The van der Waals surface area contributed by atoms with E-state index in [4.69, 9.17) is 37.4 Å². The number of amides is 2. The lowest BCUT2D eigenvalue weighted by molar-refractivity contribution is -0.126. The maximum Gasteiger partial charge on any atom is 0.264 e. The Bertz CT molecular complexity index is 2450. The van der Waals surface area contributed by atoms with Crippen LogP contribution in [0.5, 0.6) is 17.2 Å². The molecule has 2 unspecified atom stereocenters. The number of pyridine rings is 1. The molecule has 57 heavy (non-hydrogen) atoms. The van der Waals surface area contributed by atoms with Crippen molar-refractivity contribution in [2.75, 3.05) is 13.2 Å². The van der Waals surface area contributed by atoms with Crippen molar-refractivity contribution in [2.24, 2.45) is 0 Å². The number of halogens is 2. The highest BCUT2D eigenvalue weighted by Gasteiger charge is 2.37. The fraction of sp³-hybridized carbons (Fsp3) is 0.239. The smallest absolute Gasteiger partial charge is 0.264 e. The molecule has 2 aliphatic heterocycles. The normalized spacial score (nSPS) is 15.8. The summed E-state index contributed by atoms with van der Waals surface area (Å²) >= 11 is 13.6. The van der Waals surface area contributed by atoms with Crippen LogP contribution in [0.15, 0.2) is 103 Å². The van der Waals surface area contributed by atoms with Gasteiger partial charge in [0, 0.05) is 36.3 Å². The number of nitrogens with zero attached hydrogens (tertiary/aromatic N) is 2. The number of hydrogen-bond donors (Lipinski definition) is 1. The van der Waals surface area contributed by atoms with Gasteiger partial charge in [-0.2, -0.15) is 0 Å². The molecule has 2 atom stereocenters. The van der Waals surface area contributed by atoms with E-state index in [2.05, 4.69) is 41.5 Å². The van der Waals surface area contributed by atoms with Crippen molar-refractivity contribution in [2.45, 2.75) is 58.9 Å². The van der Waals surface area contributed by atoms with Crippen LogP contribution in [-0.4, -0.2) is 40.9 Å².